The van der Waals surface area contributed by atoms with E-state index in [0.717, 1.165) is 13.1 Å². The van der Waals surface area contributed by atoms with Crippen molar-refractivity contribution < 1.29 is 4.79 Å². The molecule has 1 amide bonds. The maximum atomic E-state index is 11.7. The molecule has 0 aromatic carbocycles. The number of hydrogen-bond donors (Lipinski definition) is 1. The zero-order valence-corrected chi connectivity index (χ0v) is 10.2. The van der Waals surface area contributed by atoms with Crippen LogP contribution in [0.3, 0.4) is 0 Å². The van der Waals surface area contributed by atoms with E-state index in [1.165, 1.54) is 4.88 Å². The molecule has 1 unspecified atom stereocenters. The second-order valence-electron chi connectivity index (χ2n) is 3.37. The van der Waals surface area contributed by atoms with Gasteiger partial charge in [0.05, 0.1) is 5.75 Å². The smallest absolute Gasteiger partial charge is 0.233 e. The quantitative estimate of drug-likeness (QED) is 0.869. The van der Waals surface area contributed by atoms with Gasteiger partial charge in [0.25, 0.3) is 0 Å². The highest BCUT2D eigenvalue weighted by Crippen LogP contribution is 2.40. The molecular formula is C10H14N2OS2. The highest BCUT2D eigenvalue weighted by molar-refractivity contribution is 8.00. The number of thioether (sulfide) groups is 1. The Labute approximate surface area is 97.8 Å². The number of likely N-dealkylation sites (N-methyl/N-ethyl adjacent to an activating group) is 1. The zero-order chi connectivity index (χ0) is 10.7. The van der Waals surface area contributed by atoms with Gasteiger partial charge in [-0.05, 0) is 18.5 Å². The second kappa shape index (κ2) is 5.01. The van der Waals surface area contributed by atoms with Crippen molar-refractivity contribution in [3.8, 4) is 0 Å². The van der Waals surface area contributed by atoms with Gasteiger partial charge in [0, 0.05) is 18.0 Å². The van der Waals surface area contributed by atoms with Crippen LogP contribution < -0.4 is 5.32 Å². The van der Waals surface area contributed by atoms with E-state index in [2.05, 4.69) is 16.8 Å². The Kier molecular flexibility index (Phi) is 3.66. The van der Waals surface area contributed by atoms with Gasteiger partial charge in [-0.1, -0.05) is 6.07 Å². The summed E-state index contributed by atoms with van der Waals surface area (Å²) in [4.78, 5) is 14.9. The van der Waals surface area contributed by atoms with Crippen molar-refractivity contribution in [3.63, 3.8) is 0 Å². The van der Waals surface area contributed by atoms with Crippen molar-refractivity contribution >= 4 is 29.0 Å². The van der Waals surface area contributed by atoms with Gasteiger partial charge >= 0.3 is 0 Å². The summed E-state index contributed by atoms with van der Waals surface area (Å²) in [7, 11) is 1.91. The third kappa shape index (κ3) is 2.35. The summed E-state index contributed by atoms with van der Waals surface area (Å²) in [6, 6.07) is 4.15. The average molecular weight is 242 g/mol. The highest BCUT2D eigenvalue weighted by atomic mass is 32.2. The van der Waals surface area contributed by atoms with E-state index in [-0.39, 0.29) is 11.3 Å². The van der Waals surface area contributed by atoms with Crippen LogP contribution in [-0.4, -0.2) is 36.7 Å². The third-order valence-corrected chi connectivity index (χ3v) is 4.67. The van der Waals surface area contributed by atoms with Gasteiger partial charge in [-0.15, -0.1) is 23.1 Å². The molecule has 1 aromatic heterocycles. The molecule has 1 saturated heterocycles. The summed E-state index contributed by atoms with van der Waals surface area (Å²) < 4.78 is 0. The minimum atomic E-state index is 0.242. The van der Waals surface area contributed by atoms with E-state index in [9.17, 15) is 4.79 Å². The van der Waals surface area contributed by atoms with Crippen LogP contribution in [-0.2, 0) is 4.79 Å². The van der Waals surface area contributed by atoms with E-state index in [0.29, 0.717) is 5.75 Å². The molecule has 2 heterocycles. The molecule has 0 spiro atoms. The molecule has 5 heteroatoms. The first-order valence-electron chi connectivity index (χ1n) is 4.92. The maximum Gasteiger partial charge on any atom is 0.233 e. The fourth-order valence-corrected chi connectivity index (χ4v) is 3.79. The van der Waals surface area contributed by atoms with E-state index < -0.39 is 0 Å². The predicted molar refractivity (Wildman–Crippen MR) is 65.2 cm³/mol. The fraction of sp³-hybridized carbons (Fsp3) is 0.500. The van der Waals surface area contributed by atoms with E-state index in [1.807, 2.05) is 18.0 Å². The Hall–Kier alpha value is -0.520. The lowest BCUT2D eigenvalue weighted by atomic mass is 10.4. The summed E-state index contributed by atoms with van der Waals surface area (Å²) >= 11 is 3.45. The van der Waals surface area contributed by atoms with E-state index in [4.69, 9.17) is 0 Å². The topological polar surface area (TPSA) is 32.3 Å². The average Bonchev–Trinajstić information content (AvgIpc) is 2.84. The monoisotopic (exact) mass is 242 g/mol. The van der Waals surface area contributed by atoms with Crippen LogP contribution >= 0.6 is 23.1 Å². The van der Waals surface area contributed by atoms with Crippen molar-refractivity contribution in [3.05, 3.63) is 22.4 Å². The molecule has 0 aliphatic carbocycles. The lowest BCUT2D eigenvalue weighted by Crippen LogP contribution is -2.33. The van der Waals surface area contributed by atoms with Crippen LogP contribution in [0.2, 0.25) is 0 Å². The molecule has 0 radical (unpaired) electrons. The summed E-state index contributed by atoms with van der Waals surface area (Å²) in [6.07, 6.45) is 0. The van der Waals surface area contributed by atoms with Crippen LogP contribution in [0.1, 0.15) is 10.3 Å². The predicted octanol–water partition coefficient (Wildman–Crippen LogP) is 1.54. The van der Waals surface area contributed by atoms with Gasteiger partial charge in [-0.3, -0.25) is 4.79 Å². The van der Waals surface area contributed by atoms with E-state index in [1.54, 1.807) is 23.1 Å². The van der Waals surface area contributed by atoms with Gasteiger partial charge in [0.1, 0.15) is 5.37 Å². The highest BCUT2D eigenvalue weighted by Gasteiger charge is 2.32. The van der Waals surface area contributed by atoms with Crippen molar-refractivity contribution in [1.82, 2.24) is 10.2 Å². The summed E-state index contributed by atoms with van der Waals surface area (Å²) in [5, 5.41) is 5.39. The minimum absolute atomic E-state index is 0.242. The number of nitrogens with zero attached hydrogens (tertiary/aromatic N) is 1. The summed E-state index contributed by atoms with van der Waals surface area (Å²) in [5.74, 6) is 0.875. The van der Waals surface area contributed by atoms with Crippen LogP contribution in [0, 0.1) is 0 Å². The van der Waals surface area contributed by atoms with Gasteiger partial charge in [0.2, 0.25) is 5.91 Å². The number of hydrogen-bond acceptors (Lipinski definition) is 4. The van der Waals surface area contributed by atoms with Crippen molar-refractivity contribution in [1.29, 1.82) is 0 Å². The zero-order valence-electron chi connectivity index (χ0n) is 8.60. The molecule has 1 aliphatic rings. The summed E-state index contributed by atoms with van der Waals surface area (Å²) in [5.41, 5.74) is 0. The van der Waals surface area contributed by atoms with Gasteiger partial charge in [-0.25, -0.2) is 0 Å². The molecule has 1 fully saturated rings. The standard InChI is InChI=1S/C10H14N2OS2/c1-11-4-5-12-9(13)7-15-10(12)8-3-2-6-14-8/h2-3,6,10-11H,4-5,7H2,1H3. The third-order valence-electron chi connectivity index (χ3n) is 2.36. The normalized spacial score (nSPS) is 21.3. The number of rotatable bonds is 4. The number of carbonyl (C=O) groups excluding carboxylic acids is 1. The second-order valence-corrected chi connectivity index (χ2v) is 5.42. The molecular weight excluding hydrogens is 228 g/mol. The first kappa shape index (κ1) is 11.0. The molecule has 1 atom stereocenters. The van der Waals surface area contributed by atoms with Gasteiger partial charge in [0.15, 0.2) is 0 Å². The van der Waals surface area contributed by atoms with Crippen molar-refractivity contribution in [2.45, 2.75) is 5.37 Å². The van der Waals surface area contributed by atoms with Gasteiger partial charge < -0.3 is 10.2 Å². The SMILES string of the molecule is CNCCN1C(=O)CSC1c1cccs1. The lowest BCUT2D eigenvalue weighted by molar-refractivity contribution is -0.127. The number of carbonyl (C=O) groups is 1. The van der Waals surface area contributed by atoms with Crippen molar-refractivity contribution in [2.24, 2.45) is 0 Å². The molecule has 3 nitrogen and oxygen atoms in total. The Morgan fingerprint density at radius 1 is 1.67 bits per heavy atom. The Morgan fingerprint density at radius 2 is 2.53 bits per heavy atom. The molecule has 0 bridgehead atoms. The summed E-state index contributed by atoms with van der Waals surface area (Å²) in [6.45, 7) is 1.65. The molecule has 82 valence electrons. The molecule has 1 aliphatic heterocycles. The first-order chi connectivity index (χ1) is 7.33. The van der Waals surface area contributed by atoms with E-state index >= 15 is 0 Å². The number of thiophene rings is 1. The first-order valence-corrected chi connectivity index (χ1v) is 6.85. The molecule has 1 N–H and O–H groups in total. The maximum absolute atomic E-state index is 11.7. The molecule has 15 heavy (non-hydrogen) atoms. The largest absolute Gasteiger partial charge is 0.324 e. The molecule has 1 aromatic rings. The molecule has 0 saturated carbocycles. The Balaban J connectivity index is 2.07. The minimum Gasteiger partial charge on any atom is -0.324 e. The number of nitrogens with one attached hydrogen (secondary N) is 1. The van der Waals surface area contributed by atoms with Gasteiger partial charge in [-0.2, -0.15) is 0 Å². The Morgan fingerprint density at radius 3 is 3.20 bits per heavy atom. The number of amides is 1. The van der Waals surface area contributed by atoms with Crippen molar-refractivity contribution in [2.75, 3.05) is 25.9 Å². The van der Waals surface area contributed by atoms with Crippen LogP contribution in [0.4, 0.5) is 0 Å². The van der Waals surface area contributed by atoms with Crippen LogP contribution in [0.15, 0.2) is 17.5 Å². The Bertz CT molecular complexity index is 326. The molecule has 2 rings (SSSR count). The van der Waals surface area contributed by atoms with Crippen LogP contribution in [0.5, 0.6) is 0 Å². The fourth-order valence-electron chi connectivity index (χ4n) is 1.60. The van der Waals surface area contributed by atoms with Crippen LogP contribution in [0.25, 0.3) is 0 Å². The lowest BCUT2D eigenvalue weighted by Gasteiger charge is -2.22.